The maximum Gasteiger partial charge on any atom is 0.161 e. The van der Waals surface area contributed by atoms with Crippen molar-refractivity contribution < 1.29 is 9.47 Å². The number of hydrogen-bond donors (Lipinski definition) is 0. The second kappa shape index (κ2) is 3.13. The van der Waals surface area contributed by atoms with Gasteiger partial charge in [-0.15, -0.1) is 0 Å². The van der Waals surface area contributed by atoms with Gasteiger partial charge in [0.25, 0.3) is 0 Å². The van der Waals surface area contributed by atoms with Crippen LogP contribution in [-0.4, -0.2) is 13.2 Å². The van der Waals surface area contributed by atoms with Gasteiger partial charge < -0.3 is 9.47 Å². The van der Waals surface area contributed by atoms with Crippen LogP contribution in [-0.2, 0) is 0 Å². The van der Waals surface area contributed by atoms with Gasteiger partial charge in [-0.25, -0.2) is 0 Å². The molecule has 0 unspecified atom stereocenters. The van der Waals surface area contributed by atoms with Crippen LogP contribution < -0.4 is 9.47 Å². The molecule has 0 fully saturated rings. The summed E-state index contributed by atoms with van der Waals surface area (Å²) in [7, 11) is 0. The fourth-order valence-corrected chi connectivity index (χ4v) is 1.29. The number of benzene rings is 1. The number of hydrogen-bond acceptors (Lipinski definition) is 2. The molecule has 13 heavy (non-hydrogen) atoms. The smallest absolute Gasteiger partial charge is 0.161 e. The van der Waals surface area contributed by atoms with E-state index >= 15 is 0 Å². The topological polar surface area (TPSA) is 18.5 Å². The SMILES string of the molecule is [CH]=C(C)c1ccc2c(c1)OCCO2. The Morgan fingerprint density at radius 3 is 2.62 bits per heavy atom. The molecule has 1 heterocycles. The van der Waals surface area contributed by atoms with Crippen molar-refractivity contribution in [3.8, 4) is 11.5 Å². The van der Waals surface area contributed by atoms with E-state index in [4.69, 9.17) is 16.1 Å². The van der Waals surface area contributed by atoms with Gasteiger partial charge in [0.15, 0.2) is 11.5 Å². The normalized spacial score (nSPS) is 13.9. The summed E-state index contributed by atoms with van der Waals surface area (Å²) in [4.78, 5) is 0. The average molecular weight is 175 g/mol. The van der Waals surface area contributed by atoms with Crippen LogP contribution in [0.1, 0.15) is 12.5 Å². The van der Waals surface area contributed by atoms with Crippen molar-refractivity contribution in [2.45, 2.75) is 6.92 Å². The van der Waals surface area contributed by atoms with Crippen molar-refractivity contribution in [2.24, 2.45) is 0 Å². The second-order valence-electron chi connectivity index (χ2n) is 3.04. The number of rotatable bonds is 1. The van der Waals surface area contributed by atoms with Gasteiger partial charge in [0, 0.05) is 0 Å². The zero-order chi connectivity index (χ0) is 9.26. The molecule has 2 heteroatoms. The van der Waals surface area contributed by atoms with Gasteiger partial charge in [-0.05, 0) is 30.2 Å². The number of allylic oxidation sites excluding steroid dienone is 1. The molecule has 0 saturated heterocycles. The van der Waals surface area contributed by atoms with Crippen LogP contribution in [0.3, 0.4) is 0 Å². The van der Waals surface area contributed by atoms with Crippen LogP contribution in [0.2, 0.25) is 0 Å². The molecule has 0 saturated carbocycles. The lowest BCUT2D eigenvalue weighted by molar-refractivity contribution is 0.171. The lowest BCUT2D eigenvalue weighted by atomic mass is 10.1. The highest BCUT2D eigenvalue weighted by atomic mass is 16.6. The van der Waals surface area contributed by atoms with E-state index in [2.05, 4.69) is 0 Å². The van der Waals surface area contributed by atoms with E-state index < -0.39 is 0 Å². The van der Waals surface area contributed by atoms with Crippen LogP contribution in [0.15, 0.2) is 18.2 Å². The van der Waals surface area contributed by atoms with Crippen molar-refractivity contribution in [3.63, 3.8) is 0 Å². The zero-order valence-electron chi connectivity index (χ0n) is 7.54. The Balaban J connectivity index is 2.40. The fraction of sp³-hybridized carbons (Fsp3) is 0.273. The highest BCUT2D eigenvalue weighted by Crippen LogP contribution is 2.32. The first kappa shape index (κ1) is 8.17. The average Bonchev–Trinajstić information content (AvgIpc) is 2.17. The van der Waals surface area contributed by atoms with Gasteiger partial charge in [-0.3, -0.25) is 0 Å². The molecule has 0 spiro atoms. The first-order chi connectivity index (χ1) is 6.27. The van der Waals surface area contributed by atoms with Crippen molar-refractivity contribution in [1.82, 2.24) is 0 Å². The van der Waals surface area contributed by atoms with Gasteiger partial charge in [-0.2, -0.15) is 0 Å². The molecule has 1 aliphatic rings. The number of ether oxygens (including phenoxy) is 2. The molecule has 0 amide bonds. The Labute approximate surface area is 77.8 Å². The molecule has 0 bridgehead atoms. The molecular weight excluding hydrogens is 164 g/mol. The molecule has 0 atom stereocenters. The van der Waals surface area contributed by atoms with Gasteiger partial charge in [0.05, 0.1) is 0 Å². The van der Waals surface area contributed by atoms with Gasteiger partial charge in [0.2, 0.25) is 0 Å². The Kier molecular flexibility index (Phi) is 1.97. The molecule has 1 radical (unpaired) electrons. The minimum absolute atomic E-state index is 0.611. The molecule has 2 nitrogen and oxygen atoms in total. The molecule has 0 N–H and O–H groups in total. The molecule has 1 aromatic carbocycles. The van der Waals surface area contributed by atoms with Crippen LogP contribution in [0, 0.1) is 6.58 Å². The minimum Gasteiger partial charge on any atom is -0.486 e. The first-order valence-electron chi connectivity index (χ1n) is 4.26. The summed E-state index contributed by atoms with van der Waals surface area (Å²) in [6.45, 7) is 8.77. The van der Waals surface area contributed by atoms with Gasteiger partial charge in [-0.1, -0.05) is 12.6 Å². The van der Waals surface area contributed by atoms with Crippen LogP contribution in [0.25, 0.3) is 5.57 Å². The predicted octanol–water partition coefficient (Wildman–Crippen LogP) is 2.29. The van der Waals surface area contributed by atoms with E-state index in [-0.39, 0.29) is 0 Å². The van der Waals surface area contributed by atoms with Crippen LogP contribution in [0.4, 0.5) is 0 Å². The minimum atomic E-state index is 0.611. The van der Waals surface area contributed by atoms with E-state index in [0.717, 1.165) is 22.6 Å². The third-order valence-corrected chi connectivity index (χ3v) is 2.00. The summed E-state index contributed by atoms with van der Waals surface area (Å²) in [6, 6.07) is 5.73. The molecule has 0 aromatic heterocycles. The lowest BCUT2D eigenvalue weighted by Crippen LogP contribution is -2.15. The van der Waals surface area contributed by atoms with Crippen molar-refractivity contribution in [1.29, 1.82) is 0 Å². The summed E-state index contributed by atoms with van der Waals surface area (Å²) in [6.07, 6.45) is 0. The molecular formula is C11H11O2. The fourth-order valence-electron chi connectivity index (χ4n) is 1.29. The first-order valence-corrected chi connectivity index (χ1v) is 4.26. The maximum absolute atomic E-state index is 5.67. The predicted molar refractivity (Wildman–Crippen MR) is 50.8 cm³/mol. The molecule has 1 aromatic rings. The van der Waals surface area contributed by atoms with E-state index in [0.29, 0.717) is 13.2 Å². The van der Waals surface area contributed by atoms with Crippen molar-refractivity contribution in [3.05, 3.63) is 30.3 Å². The lowest BCUT2D eigenvalue weighted by Gasteiger charge is -2.18. The summed E-state index contributed by atoms with van der Waals surface area (Å²) in [5.74, 6) is 1.59. The summed E-state index contributed by atoms with van der Waals surface area (Å²) < 4.78 is 10.8. The molecule has 0 aliphatic carbocycles. The van der Waals surface area contributed by atoms with E-state index in [1.165, 1.54) is 0 Å². The van der Waals surface area contributed by atoms with Gasteiger partial charge >= 0.3 is 0 Å². The molecule has 1 aliphatic heterocycles. The highest BCUT2D eigenvalue weighted by molar-refractivity contribution is 5.63. The number of fused-ring (bicyclic) bond motifs is 1. The molecule has 2 rings (SSSR count). The van der Waals surface area contributed by atoms with Crippen molar-refractivity contribution >= 4 is 5.57 Å². The standard InChI is InChI=1S/C11H11O2/c1-8(2)9-3-4-10-11(7-9)13-6-5-12-10/h1,3-4,7H,5-6H2,2H3. The van der Waals surface area contributed by atoms with Gasteiger partial charge in [0.1, 0.15) is 13.2 Å². The highest BCUT2D eigenvalue weighted by Gasteiger charge is 2.11. The summed E-state index contributed by atoms with van der Waals surface area (Å²) in [5, 5.41) is 0. The maximum atomic E-state index is 5.67. The molecule has 67 valence electrons. The van der Waals surface area contributed by atoms with E-state index in [1.807, 2.05) is 25.1 Å². The van der Waals surface area contributed by atoms with E-state index in [1.54, 1.807) is 0 Å². The Morgan fingerprint density at radius 2 is 1.92 bits per heavy atom. The monoisotopic (exact) mass is 175 g/mol. The third kappa shape index (κ3) is 1.52. The zero-order valence-corrected chi connectivity index (χ0v) is 7.54. The van der Waals surface area contributed by atoms with Crippen LogP contribution >= 0.6 is 0 Å². The Bertz CT molecular complexity index is 342. The quantitative estimate of drug-likeness (QED) is 0.652. The Hall–Kier alpha value is -1.44. The summed E-state index contributed by atoms with van der Waals surface area (Å²) >= 11 is 0. The Morgan fingerprint density at radius 1 is 1.23 bits per heavy atom. The largest absolute Gasteiger partial charge is 0.486 e. The second-order valence-corrected chi connectivity index (χ2v) is 3.04. The van der Waals surface area contributed by atoms with E-state index in [9.17, 15) is 0 Å². The summed E-state index contributed by atoms with van der Waals surface area (Å²) in [5.41, 5.74) is 1.78. The van der Waals surface area contributed by atoms with Crippen LogP contribution in [0.5, 0.6) is 11.5 Å². The third-order valence-electron chi connectivity index (χ3n) is 2.00. The van der Waals surface area contributed by atoms with Crippen molar-refractivity contribution in [2.75, 3.05) is 13.2 Å².